The van der Waals surface area contributed by atoms with Crippen LogP contribution in [0.15, 0.2) is 55.5 Å². The minimum Gasteiger partial charge on any atom is -0.373 e. The molecule has 9 heteroatoms. The molecule has 2 aliphatic heterocycles. The van der Waals surface area contributed by atoms with Gasteiger partial charge in [-0.25, -0.2) is 9.97 Å². The van der Waals surface area contributed by atoms with E-state index < -0.39 is 12.2 Å². The lowest BCUT2D eigenvalue weighted by Crippen LogP contribution is -2.44. The van der Waals surface area contributed by atoms with E-state index in [9.17, 15) is 13.2 Å². The first kappa shape index (κ1) is 20.1. The minimum atomic E-state index is -4.37. The maximum atomic E-state index is 12.9. The third-order valence-corrected chi connectivity index (χ3v) is 5.37. The smallest absolute Gasteiger partial charge is 0.373 e. The lowest BCUT2D eigenvalue weighted by molar-refractivity contribution is -0.148. The van der Waals surface area contributed by atoms with Gasteiger partial charge in [-0.15, -0.1) is 0 Å². The summed E-state index contributed by atoms with van der Waals surface area (Å²) in [6.07, 6.45) is -1.75. The summed E-state index contributed by atoms with van der Waals surface area (Å²) in [5, 5.41) is 5.61. The molecule has 0 amide bonds. The molecule has 158 valence electrons. The van der Waals surface area contributed by atoms with Crippen molar-refractivity contribution in [2.24, 2.45) is 0 Å². The van der Waals surface area contributed by atoms with Crippen LogP contribution in [0.2, 0.25) is 0 Å². The number of aromatic nitrogens is 2. The summed E-state index contributed by atoms with van der Waals surface area (Å²) in [5.41, 5.74) is 1.41. The van der Waals surface area contributed by atoms with Crippen LogP contribution in [0.1, 0.15) is 19.0 Å². The Balaban J connectivity index is 1.63. The van der Waals surface area contributed by atoms with E-state index in [2.05, 4.69) is 38.7 Å². The fourth-order valence-corrected chi connectivity index (χ4v) is 3.79. The summed E-state index contributed by atoms with van der Waals surface area (Å²) in [7, 11) is 0. The Morgan fingerprint density at radius 2 is 2.03 bits per heavy atom. The number of hydrogen-bond acceptors (Lipinski definition) is 6. The molecule has 0 aromatic carbocycles. The van der Waals surface area contributed by atoms with Gasteiger partial charge in [0.15, 0.2) is 5.82 Å². The molecule has 2 atom stereocenters. The number of nitrogens with zero attached hydrogens (tertiary/aromatic N) is 4. The average molecular weight is 416 g/mol. The molecule has 6 nitrogen and oxygen atoms in total. The zero-order valence-corrected chi connectivity index (χ0v) is 16.6. The second kappa shape index (κ2) is 7.55. The highest BCUT2D eigenvalue weighted by atomic mass is 19.4. The molecule has 0 radical (unpaired) electrons. The van der Waals surface area contributed by atoms with Crippen molar-refractivity contribution in [1.29, 1.82) is 0 Å². The molecule has 2 aromatic heterocycles. The van der Waals surface area contributed by atoms with Crippen LogP contribution in [0.5, 0.6) is 0 Å². The first-order valence-corrected chi connectivity index (χ1v) is 9.69. The van der Waals surface area contributed by atoms with Gasteiger partial charge in [-0.05, 0) is 37.6 Å². The topological polar surface area (TPSA) is 56.3 Å². The molecule has 30 heavy (non-hydrogen) atoms. The van der Waals surface area contributed by atoms with Crippen molar-refractivity contribution in [2.75, 3.05) is 28.2 Å². The zero-order chi connectivity index (χ0) is 21.5. The predicted molar refractivity (Wildman–Crippen MR) is 112 cm³/mol. The van der Waals surface area contributed by atoms with Gasteiger partial charge in [0.05, 0.1) is 23.1 Å². The first-order chi connectivity index (χ1) is 14.2. The van der Waals surface area contributed by atoms with Crippen LogP contribution in [-0.2, 0) is 0 Å². The van der Waals surface area contributed by atoms with E-state index in [0.29, 0.717) is 23.2 Å². The average Bonchev–Trinajstić information content (AvgIpc) is 3.12. The number of pyridine rings is 2. The monoisotopic (exact) mass is 416 g/mol. The Bertz CT molecular complexity index is 959. The SMILES string of the molecule is C=C(N[C@H](C)C(F)(F)F)c1ccc2c(n1)N(C(=C)Nc1ccccn1)C1CCN2C1. The second-order valence-corrected chi connectivity index (χ2v) is 7.47. The predicted octanol–water partition coefficient (Wildman–Crippen LogP) is 3.97. The van der Waals surface area contributed by atoms with E-state index in [4.69, 9.17) is 0 Å². The molecule has 0 aliphatic carbocycles. The normalized spacial score (nSPS) is 18.6. The molecular formula is C21H23F3N6. The summed E-state index contributed by atoms with van der Waals surface area (Å²) in [6, 6.07) is 7.56. The Hall–Kier alpha value is -3.23. The first-order valence-electron chi connectivity index (χ1n) is 9.69. The molecule has 4 rings (SSSR count). The number of nitrogens with one attached hydrogen (secondary N) is 2. The largest absolute Gasteiger partial charge is 0.408 e. The fraction of sp³-hybridized carbons (Fsp3) is 0.333. The van der Waals surface area contributed by atoms with Crippen LogP contribution in [0.3, 0.4) is 0 Å². The number of halogens is 3. The van der Waals surface area contributed by atoms with Gasteiger partial charge in [-0.1, -0.05) is 19.2 Å². The van der Waals surface area contributed by atoms with Crippen molar-refractivity contribution >= 4 is 23.0 Å². The van der Waals surface area contributed by atoms with Crippen LogP contribution >= 0.6 is 0 Å². The highest BCUT2D eigenvalue weighted by molar-refractivity contribution is 5.77. The van der Waals surface area contributed by atoms with Gasteiger partial charge in [-0.2, -0.15) is 13.2 Å². The molecule has 2 N–H and O–H groups in total. The van der Waals surface area contributed by atoms with Crippen LogP contribution in [0.4, 0.5) is 30.5 Å². The molecule has 0 spiro atoms. The standard InChI is InChI=1S/C21H23F3N6/c1-13(26-14(2)21(22,23)24)17-7-8-18-20(28-17)30(16-9-11-29(18)12-16)15(3)27-19-6-4-5-10-25-19/h4-8,10,14,16,26H,1,3,9,11-12H2,2H3,(H,25,27)/t14-,16?/m1/s1. The summed E-state index contributed by atoms with van der Waals surface area (Å²) >= 11 is 0. The maximum absolute atomic E-state index is 12.9. The Kier molecular flexibility index (Phi) is 5.05. The van der Waals surface area contributed by atoms with Gasteiger partial charge in [0.2, 0.25) is 0 Å². The van der Waals surface area contributed by atoms with Gasteiger partial charge in [0.1, 0.15) is 17.7 Å². The third-order valence-electron chi connectivity index (χ3n) is 5.37. The van der Waals surface area contributed by atoms with Crippen molar-refractivity contribution < 1.29 is 13.2 Å². The molecule has 1 fully saturated rings. The van der Waals surface area contributed by atoms with E-state index in [0.717, 1.165) is 32.1 Å². The van der Waals surface area contributed by atoms with Crippen LogP contribution in [0, 0.1) is 0 Å². The maximum Gasteiger partial charge on any atom is 0.408 e. The second-order valence-electron chi connectivity index (χ2n) is 7.47. The van der Waals surface area contributed by atoms with Gasteiger partial charge in [0.25, 0.3) is 0 Å². The molecule has 1 saturated heterocycles. The zero-order valence-electron chi connectivity index (χ0n) is 16.6. The quantitative estimate of drug-likeness (QED) is 0.743. The lowest BCUT2D eigenvalue weighted by atomic mass is 10.1. The molecular weight excluding hydrogens is 393 g/mol. The van der Waals surface area contributed by atoms with E-state index in [1.54, 1.807) is 12.3 Å². The van der Waals surface area contributed by atoms with Crippen molar-refractivity contribution in [3.8, 4) is 0 Å². The van der Waals surface area contributed by atoms with Gasteiger partial charge < -0.3 is 20.4 Å². The highest BCUT2D eigenvalue weighted by Crippen LogP contribution is 2.41. The summed E-state index contributed by atoms with van der Waals surface area (Å²) in [5.74, 6) is 1.93. The Morgan fingerprint density at radius 1 is 1.23 bits per heavy atom. The van der Waals surface area contributed by atoms with E-state index in [1.165, 1.54) is 0 Å². The highest BCUT2D eigenvalue weighted by Gasteiger charge is 2.39. The molecule has 2 bridgehead atoms. The lowest BCUT2D eigenvalue weighted by Gasteiger charge is -2.38. The van der Waals surface area contributed by atoms with Crippen molar-refractivity contribution in [2.45, 2.75) is 31.6 Å². The molecule has 4 heterocycles. The summed E-state index contributed by atoms with van der Waals surface area (Å²) in [6.45, 7) is 10.7. The number of hydrogen-bond donors (Lipinski definition) is 2. The van der Waals surface area contributed by atoms with Crippen molar-refractivity contribution in [3.63, 3.8) is 0 Å². The minimum absolute atomic E-state index is 0.124. The number of fused-ring (bicyclic) bond motifs is 4. The Morgan fingerprint density at radius 3 is 2.73 bits per heavy atom. The Labute approximate surface area is 173 Å². The van der Waals surface area contributed by atoms with Crippen LogP contribution < -0.4 is 20.4 Å². The number of alkyl halides is 3. The van der Waals surface area contributed by atoms with E-state index in [-0.39, 0.29) is 11.7 Å². The van der Waals surface area contributed by atoms with Crippen LogP contribution in [-0.4, -0.2) is 41.3 Å². The van der Waals surface area contributed by atoms with Crippen molar-refractivity contribution in [1.82, 2.24) is 15.3 Å². The fourth-order valence-electron chi connectivity index (χ4n) is 3.79. The number of rotatable bonds is 6. The molecule has 0 saturated carbocycles. The number of anilines is 3. The van der Waals surface area contributed by atoms with Gasteiger partial charge >= 0.3 is 6.18 Å². The third kappa shape index (κ3) is 3.79. The summed E-state index contributed by atoms with van der Waals surface area (Å²) in [4.78, 5) is 13.2. The van der Waals surface area contributed by atoms with Gasteiger partial charge in [-0.3, -0.25) is 0 Å². The van der Waals surface area contributed by atoms with Crippen molar-refractivity contribution in [3.05, 3.63) is 61.2 Å². The van der Waals surface area contributed by atoms with E-state index in [1.807, 2.05) is 29.2 Å². The molecule has 1 unspecified atom stereocenters. The molecule has 2 aromatic rings. The van der Waals surface area contributed by atoms with Gasteiger partial charge in [0, 0.05) is 19.3 Å². The summed E-state index contributed by atoms with van der Waals surface area (Å²) < 4.78 is 38.8. The van der Waals surface area contributed by atoms with E-state index >= 15 is 0 Å². The van der Waals surface area contributed by atoms with Crippen LogP contribution in [0.25, 0.3) is 5.70 Å². The molecule has 2 aliphatic rings.